The molecule has 140 valence electrons. The smallest absolute Gasteiger partial charge is 0.296 e. The van der Waals surface area contributed by atoms with Crippen molar-refractivity contribution in [3.05, 3.63) is 100 Å². The SMILES string of the molecule is Cc1cn(Cc2ccc(Cl)cc2Cl)c(=O)n(Cc2ccc(Cl)cc2Cl)c1=O. The molecule has 4 nitrogen and oxygen atoms in total. The van der Waals surface area contributed by atoms with Crippen LogP contribution < -0.4 is 11.2 Å². The van der Waals surface area contributed by atoms with Gasteiger partial charge < -0.3 is 0 Å². The molecule has 0 fully saturated rings. The van der Waals surface area contributed by atoms with Crippen LogP contribution >= 0.6 is 46.4 Å². The van der Waals surface area contributed by atoms with E-state index in [4.69, 9.17) is 46.4 Å². The van der Waals surface area contributed by atoms with Crippen LogP contribution in [-0.2, 0) is 13.1 Å². The van der Waals surface area contributed by atoms with Crippen molar-refractivity contribution in [2.45, 2.75) is 20.0 Å². The van der Waals surface area contributed by atoms with E-state index < -0.39 is 5.69 Å². The average molecular weight is 444 g/mol. The Labute approximate surface area is 175 Å². The van der Waals surface area contributed by atoms with E-state index in [1.54, 1.807) is 43.3 Å². The van der Waals surface area contributed by atoms with Crippen molar-refractivity contribution in [2.24, 2.45) is 0 Å². The first-order valence-corrected chi connectivity index (χ1v) is 9.46. The number of benzene rings is 2. The van der Waals surface area contributed by atoms with Crippen LogP contribution in [0.3, 0.4) is 0 Å². The number of hydrogen-bond donors (Lipinski definition) is 0. The molecule has 0 aliphatic carbocycles. The zero-order chi connectivity index (χ0) is 19.7. The summed E-state index contributed by atoms with van der Waals surface area (Å²) in [6.07, 6.45) is 1.52. The Kier molecular flexibility index (Phi) is 6.02. The van der Waals surface area contributed by atoms with E-state index in [0.29, 0.717) is 31.2 Å². The summed E-state index contributed by atoms with van der Waals surface area (Å²) in [4.78, 5) is 25.4. The number of nitrogens with zero attached hydrogens (tertiary/aromatic N) is 2. The summed E-state index contributed by atoms with van der Waals surface area (Å²) >= 11 is 24.2. The van der Waals surface area contributed by atoms with Gasteiger partial charge >= 0.3 is 5.69 Å². The van der Waals surface area contributed by atoms with Crippen LogP contribution in [0.25, 0.3) is 0 Å². The third kappa shape index (κ3) is 4.41. The number of aromatic nitrogens is 2. The topological polar surface area (TPSA) is 44.0 Å². The summed E-state index contributed by atoms with van der Waals surface area (Å²) < 4.78 is 2.59. The van der Waals surface area contributed by atoms with Crippen molar-refractivity contribution >= 4 is 46.4 Å². The molecule has 8 heteroatoms. The van der Waals surface area contributed by atoms with Crippen LogP contribution in [0.2, 0.25) is 20.1 Å². The summed E-state index contributed by atoms with van der Waals surface area (Å²) in [6, 6.07) is 9.99. The van der Waals surface area contributed by atoms with E-state index >= 15 is 0 Å². The third-order valence-electron chi connectivity index (χ3n) is 4.11. The molecule has 1 heterocycles. The molecule has 0 unspecified atom stereocenters. The summed E-state index contributed by atoms with van der Waals surface area (Å²) in [7, 11) is 0. The number of hydrogen-bond acceptors (Lipinski definition) is 2. The third-order valence-corrected chi connectivity index (χ3v) is 5.28. The molecule has 2 aromatic carbocycles. The molecular formula is C19H14Cl4N2O2. The number of aryl methyl sites for hydroxylation is 1. The molecule has 0 saturated carbocycles. The Morgan fingerprint density at radius 2 is 1.33 bits per heavy atom. The van der Waals surface area contributed by atoms with Gasteiger partial charge in [-0.1, -0.05) is 58.5 Å². The Bertz CT molecular complexity index is 1140. The second kappa shape index (κ2) is 8.11. The first kappa shape index (κ1) is 20.0. The van der Waals surface area contributed by atoms with Crippen molar-refractivity contribution < 1.29 is 0 Å². The Morgan fingerprint density at radius 1 is 0.815 bits per heavy atom. The lowest BCUT2D eigenvalue weighted by Gasteiger charge is -2.13. The van der Waals surface area contributed by atoms with Crippen molar-refractivity contribution in [3.63, 3.8) is 0 Å². The minimum absolute atomic E-state index is 0.0453. The van der Waals surface area contributed by atoms with Crippen LogP contribution in [0, 0.1) is 6.92 Å². The van der Waals surface area contributed by atoms with Gasteiger partial charge in [0.15, 0.2) is 0 Å². The van der Waals surface area contributed by atoms with Gasteiger partial charge in [0.05, 0.1) is 13.1 Å². The maximum atomic E-state index is 12.9. The second-order valence-corrected chi connectivity index (χ2v) is 7.77. The first-order valence-electron chi connectivity index (χ1n) is 7.95. The normalized spacial score (nSPS) is 11.0. The van der Waals surface area contributed by atoms with Crippen LogP contribution in [0.5, 0.6) is 0 Å². The van der Waals surface area contributed by atoms with E-state index in [1.807, 2.05) is 0 Å². The van der Waals surface area contributed by atoms with Crippen molar-refractivity contribution in [1.29, 1.82) is 0 Å². The fourth-order valence-corrected chi connectivity index (χ4v) is 3.64. The van der Waals surface area contributed by atoms with Crippen LogP contribution in [-0.4, -0.2) is 9.13 Å². The van der Waals surface area contributed by atoms with E-state index in [0.717, 1.165) is 10.1 Å². The molecule has 1 aromatic heterocycles. The molecular weight excluding hydrogens is 430 g/mol. The Morgan fingerprint density at radius 3 is 1.85 bits per heavy atom. The first-order chi connectivity index (χ1) is 12.8. The standard InChI is InChI=1S/C19H14Cl4N2O2/c1-11-8-24(9-12-2-4-14(20)6-16(12)22)19(27)25(18(11)26)10-13-3-5-15(21)7-17(13)23/h2-8H,9-10H2,1H3. The lowest BCUT2D eigenvalue weighted by Crippen LogP contribution is -2.41. The summed E-state index contributed by atoms with van der Waals surface area (Å²) in [6.45, 7) is 1.91. The van der Waals surface area contributed by atoms with E-state index in [-0.39, 0.29) is 18.6 Å². The van der Waals surface area contributed by atoms with Crippen molar-refractivity contribution in [3.8, 4) is 0 Å². The molecule has 0 radical (unpaired) electrons. The maximum absolute atomic E-state index is 12.9. The predicted molar refractivity (Wildman–Crippen MR) is 111 cm³/mol. The molecule has 0 atom stereocenters. The average Bonchev–Trinajstić information content (AvgIpc) is 2.60. The van der Waals surface area contributed by atoms with Gasteiger partial charge in [0.2, 0.25) is 0 Å². The highest BCUT2D eigenvalue weighted by atomic mass is 35.5. The molecule has 0 amide bonds. The zero-order valence-electron chi connectivity index (χ0n) is 14.2. The van der Waals surface area contributed by atoms with Gasteiger partial charge in [0, 0.05) is 31.9 Å². The second-order valence-electron chi connectivity index (χ2n) is 6.09. The zero-order valence-corrected chi connectivity index (χ0v) is 17.2. The van der Waals surface area contributed by atoms with Crippen molar-refractivity contribution in [2.75, 3.05) is 0 Å². The molecule has 3 aromatic rings. The van der Waals surface area contributed by atoms with Gasteiger partial charge in [0.25, 0.3) is 5.56 Å². The molecule has 0 aliphatic rings. The fraction of sp³-hybridized carbons (Fsp3) is 0.158. The summed E-state index contributed by atoms with van der Waals surface area (Å²) in [5.74, 6) is 0. The van der Waals surface area contributed by atoms with Crippen LogP contribution in [0.1, 0.15) is 16.7 Å². The highest BCUT2D eigenvalue weighted by Gasteiger charge is 2.13. The lowest BCUT2D eigenvalue weighted by atomic mass is 10.2. The maximum Gasteiger partial charge on any atom is 0.331 e. The summed E-state index contributed by atoms with van der Waals surface area (Å²) in [5, 5.41) is 1.83. The molecule has 0 N–H and O–H groups in total. The minimum Gasteiger partial charge on any atom is -0.296 e. The molecule has 3 rings (SSSR count). The monoisotopic (exact) mass is 442 g/mol. The van der Waals surface area contributed by atoms with Gasteiger partial charge in [-0.05, 0) is 42.3 Å². The van der Waals surface area contributed by atoms with Gasteiger partial charge in [-0.25, -0.2) is 4.79 Å². The molecule has 0 spiro atoms. The van der Waals surface area contributed by atoms with Crippen molar-refractivity contribution in [1.82, 2.24) is 9.13 Å². The van der Waals surface area contributed by atoms with Crippen LogP contribution in [0.15, 0.2) is 52.2 Å². The van der Waals surface area contributed by atoms with E-state index in [2.05, 4.69) is 0 Å². The molecule has 0 bridgehead atoms. The molecule has 0 saturated heterocycles. The highest BCUT2D eigenvalue weighted by Crippen LogP contribution is 2.22. The Balaban J connectivity index is 2.05. The fourth-order valence-electron chi connectivity index (χ4n) is 2.71. The molecule has 27 heavy (non-hydrogen) atoms. The Hall–Kier alpha value is -1.72. The van der Waals surface area contributed by atoms with Crippen LogP contribution in [0.4, 0.5) is 0 Å². The van der Waals surface area contributed by atoms with E-state index in [1.165, 1.54) is 10.8 Å². The largest absolute Gasteiger partial charge is 0.331 e. The van der Waals surface area contributed by atoms with Gasteiger partial charge in [-0.2, -0.15) is 0 Å². The highest BCUT2D eigenvalue weighted by molar-refractivity contribution is 6.35. The van der Waals surface area contributed by atoms with E-state index in [9.17, 15) is 9.59 Å². The summed E-state index contributed by atoms with van der Waals surface area (Å²) in [5.41, 5.74) is 0.955. The number of rotatable bonds is 4. The number of halogens is 4. The lowest BCUT2D eigenvalue weighted by molar-refractivity contribution is 0.606. The predicted octanol–water partition coefficient (Wildman–Crippen LogP) is 5.03. The quantitative estimate of drug-likeness (QED) is 0.567. The van der Waals surface area contributed by atoms with Gasteiger partial charge in [0.1, 0.15) is 0 Å². The van der Waals surface area contributed by atoms with Gasteiger partial charge in [-0.15, -0.1) is 0 Å². The minimum atomic E-state index is -0.456. The molecule has 0 aliphatic heterocycles. The van der Waals surface area contributed by atoms with Gasteiger partial charge in [-0.3, -0.25) is 13.9 Å².